The van der Waals surface area contributed by atoms with Gasteiger partial charge in [0.25, 0.3) is 0 Å². The number of urea groups is 2. The first-order chi connectivity index (χ1) is 24.0. The minimum Gasteiger partial charge on any atom is -0.488 e. The van der Waals surface area contributed by atoms with E-state index in [1.807, 2.05) is 61.5 Å². The molecule has 0 aliphatic heterocycles. The third-order valence-electron chi connectivity index (χ3n) is 7.63. The lowest BCUT2D eigenvalue weighted by Crippen LogP contribution is -2.40. The Balaban J connectivity index is 1.24. The number of carbonyl (C=O) groups excluding carboxylic acids is 3. The molecule has 2 aromatic heterocycles. The van der Waals surface area contributed by atoms with Gasteiger partial charge in [0.1, 0.15) is 24.0 Å². The predicted octanol–water partition coefficient (Wildman–Crippen LogP) is 6.13. The van der Waals surface area contributed by atoms with Gasteiger partial charge in [-0.05, 0) is 48.9 Å². The van der Waals surface area contributed by atoms with Crippen molar-refractivity contribution in [3.63, 3.8) is 0 Å². The maximum Gasteiger partial charge on any atom is 0.324 e. The molecule has 0 spiro atoms. The van der Waals surface area contributed by atoms with E-state index in [0.717, 1.165) is 33.3 Å². The molecule has 5 amide bonds. The molecule has 260 valence electrons. The Bertz CT molecular complexity index is 1970. The van der Waals surface area contributed by atoms with Crippen LogP contribution in [0.25, 0.3) is 16.5 Å². The van der Waals surface area contributed by atoms with Gasteiger partial charge in [-0.3, -0.25) is 15.4 Å². The molecule has 0 aliphatic carbocycles. The molecule has 0 saturated heterocycles. The third kappa shape index (κ3) is 9.35. The molecule has 0 aliphatic rings. The number of amides is 5. The molecule has 3 aromatic carbocycles. The zero-order valence-electron chi connectivity index (χ0n) is 28.8. The van der Waals surface area contributed by atoms with Crippen molar-refractivity contribution >= 4 is 46.1 Å². The molecule has 0 unspecified atom stereocenters. The number of benzene rings is 3. The van der Waals surface area contributed by atoms with Crippen LogP contribution in [0.3, 0.4) is 0 Å². The number of pyridine rings is 1. The summed E-state index contributed by atoms with van der Waals surface area (Å²) < 4.78 is 12.8. The number of anilines is 3. The topological polar surface area (TPSA) is 161 Å². The largest absolute Gasteiger partial charge is 0.488 e. The summed E-state index contributed by atoms with van der Waals surface area (Å²) in [4.78, 5) is 41.7. The summed E-state index contributed by atoms with van der Waals surface area (Å²) in [5.74, 6) is 1.13. The van der Waals surface area contributed by atoms with Crippen molar-refractivity contribution in [2.45, 2.75) is 39.7 Å². The summed E-state index contributed by atoms with van der Waals surface area (Å²) in [6.45, 7) is 9.00. The molecule has 0 radical (unpaired) electrons. The summed E-state index contributed by atoms with van der Waals surface area (Å²) in [6, 6.07) is 23.6. The van der Waals surface area contributed by atoms with Crippen LogP contribution in [0.4, 0.5) is 26.9 Å². The lowest BCUT2D eigenvalue weighted by molar-refractivity contribution is -0.120. The summed E-state index contributed by atoms with van der Waals surface area (Å²) in [6.07, 6.45) is 1.56. The van der Waals surface area contributed by atoms with E-state index in [-0.39, 0.29) is 24.5 Å². The van der Waals surface area contributed by atoms with Crippen LogP contribution in [0.15, 0.2) is 85.1 Å². The zero-order chi connectivity index (χ0) is 35.7. The molecular formula is C37H42N8O5. The highest BCUT2D eigenvalue weighted by Crippen LogP contribution is 2.33. The maximum absolute atomic E-state index is 13.4. The van der Waals surface area contributed by atoms with Crippen molar-refractivity contribution in [2.24, 2.45) is 0 Å². The summed E-state index contributed by atoms with van der Waals surface area (Å²) in [5, 5.41) is 20.1. The van der Waals surface area contributed by atoms with Crippen molar-refractivity contribution in [1.82, 2.24) is 25.4 Å². The number of aromatic nitrogens is 3. The van der Waals surface area contributed by atoms with E-state index in [9.17, 15) is 14.4 Å². The van der Waals surface area contributed by atoms with E-state index in [2.05, 4.69) is 52.3 Å². The molecule has 5 aromatic rings. The van der Waals surface area contributed by atoms with Crippen molar-refractivity contribution in [3.8, 4) is 11.4 Å². The molecule has 5 N–H and O–H groups in total. The van der Waals surface area contributed by atoms with Gasteiger partial charge in [-0.15, -0.1) is 0 Å². The summed E-state index contributed by atoms with van der Waals surface area (Å²) in [5.41, 5.74) is 3.96. The summed E-state index contributed by atoms with van der Waals surface area (Å²) >= 11 is 0. The Hall–Kier alpha value is -5.95. The fourth-order valence-corrected chi connectivity index (χ4v) is 4.97. The van der Waals surface area contributed by atoms with Crippen LogP contribution in [0.1, 0.15) is 37.6 Å². The molecule has 13 nitrogen and oxygen atoms in total. The number of rotatable bonds is 12. The SMILES string of the molecule is COCCNC(=O)CNC(=O)Nc1cc(COc2ccc(NC(=O)Nc3cc(C(C)(C)C)nn3-c3ccc(C)cc3)c3ccccc23)ccn1. The molecule has 0 atom stereocenters. The number of nitrogens with one attached hydrogen (secondary N) is 5. The van der Waals surface area contributed by atoms with Crippen LogP contribution >= 0.6 is 0 Å². The van der Waals surface area contributed by atoms with Crippen molar-refractivity contribution in [1.29, 1.82) is 0 Å². The van der Waals surface area contributed by atoms with Crippen LogP contribution in [0.2, 0.25) is 0 Å². The van der Waals surface area contributed by atoms with Gasteiger partial charge in [-0.1, -0.05) is 62.7 Å². The smallest absolute Gasteiger partial charge is 0.324 e. The monoisotopic (exact) mass is 678 g/mol. The number of nitrogens with zero attached hydrogens (tertiary/aromatic N) is 3. The first kappa shape index (κ1) is 35.4. The number of hydrogen-bond acceptors (Lipinski definition) is 7. The molecule has 5 rings (SSSR count). The average Bonchev–Trinajstić information content (AvgIpc) is 3.52. The lowest BCUT2D eigenvalue weighted by Gasteiger charge is -2.15. The Kier molecular flexibility index (Phi) is 11.3. The highest BCUT2D eigenvalue weighted by molar-refractivity contribution is 6.07. The maximum atomic E-state index is 13.4. The molecule has 13 heteroatoms. The molecule has 0 fully saturated rings. The highest BCUT2D eigenvalue weighted by atomic mass is 16.5. The van der Waals surface area contributed by atoms with Gasteiger partial charge in [-0.2, -0.15) is 5.10 Å². The van der Waals surface area contributed by atoms with E-state index in [1.165, 1.54) is 7.11 Å². The molecular weight excluding hydrogens is 636 g/mol. The third-order valence-corrected chi connectivity index (χ3v) is 7.63. The van der Waals surface area contributed by atoms with E-state index in [4.69, 9.17) is 14.6 Å². The number of carbonyl (C=O) groups is 3. The average molecular weight is 679 g/mol. The van der Waals surface area contributed by atoms with Gasteiger partial charge < -0.3 is 25.4 Å². The number of hydrogen-bond donors (Lipinski definition) is 5. The second kappa shape index (κ2) is 16.0. The summed E-state index contributed by atoms with van der Waals surface area (Å²) in [7, 11) is 1.54. The minimum absolute atomic E-state index is 0.186. The second-order valence-electron chi connectivity index (χ2n) is 12.6. The van der Waals surface area contributed by atoms with Crippen LogP contribution in [-0.2, 0) is 21.6 Å². The van der Waals surface area contributed by atoms with Gasteiger partial charge in [-0.25, -0.2) is 19.3 Å². The molecule has 2 heterocycles. The number of fused-ring (bicyclic) bond motifs is 1. The van der Waals surface area contributed by atoms with Crippen molar-refractivity contribution < 1.29 is 23.9 Å². The van der Waals surface area contributed by atoms with Crippen LogP contribution < -0.4 is 31.3 Å². The van der Waals surface area contributed by atoms with E-state index < -0.39 is 12.1 Å². The van der Waals surface area contributed by atoms with Gasteiger partial charge in [0, 0.05) is 42.1 Å². The van der Waals surface area contributed by atoms with Crippen molar-refractivity contribution in [2.75, 3.05) is 42.8 Å². The lowest BCUT2D eigenvalue weighted by atomic mass is 9.92. The predicted molar refractivity (Wildman–Crippen MR) is 194 cm³/mol. The van der Waals surface area contributed by atoms with Crippen LogP contribution in [0, 0.1) is 6.92 Å². The fourth-order valence-electron chi connectivity index (χ4n) is 4.97. The normalized spacial score (nSPS) is 11.1. The number of methoxy groups -OCH3 is 1. The van der Waals surface area contributed by atoms with Gasteiger partial charge in [0.2, 0.25) is 5.91 Å². The van der Waals surface area contributed by atoms with Gasteiger partial charge in [0.05, 0.1) is 30.2 Å². The highest BCUT2D eigenvalue weighted by Gasteiger charge is 2.22. The molecule has 0 bridgehead atoms. The first-order valence-corrected chi connectivity index (χ1v) is 16.2. The second-order valence-corrected chi connectivity index (χ2v) is 12.6. The quantitative estimate of drug-likeness (QED) is 0.0992. The fraction of sp³-hybridized carbons (Fsp3) is 0.270. The van der Waals surface area contributed by atoms with Crippen molar-refractivity contribution in [3.05, 3.63) is 102 Å². The van der Waals surface area contributed by atoms with Gasteiger partial charge >= 0.3 is 12.1 Å². The Labute approximate surface area is 290 Å². The minimum atomic E-state index is -0.565. The number of ether oxygens (including phenoxy) is 2. The standard InChI is InChI=1S/C37H42N8O5/c1-24-10-12-26(13-11-24)45-33(21-31(44-45)37(2,3)4)43-36(48)41-29-14-15-30(28-9-7-6-8-27(28)29)50-23-25-16-17-38-32(20-25)42-35(47)40-22-34(46)39-18-19-49-5/h6-17,20-21H,18-19,22-23H2,1-5H3,(H,39,46)(H2,41,43,48)(H2,38,40,42,47). The Morgan fingerprint density at radius 2 is 1.60 bits per heavy atom. The zero-order valence-corrected chi connectivity index (χ0v) is 28.8. The van der Waals surface area contributed by atoms with E-state index in [0.29, 0.717) is 36.2 Å². The van der Waals surface area contributed by atoms with Crippen LogP contribution in [-0.4, -0.2) is 59.5 Å². The molecule has 50 heavy (non-hydrogen) atoms. The van der Waals surface area contributed by atoms with E-state index >= 15 is 0 Å². The van der Waals surface area contributed by atoms with E-state index in [1.54, 1.807) is 35.1 Å². The number of aryl methyl sites for hydroxylation is 1. The van der Waals surface area contributed by atoms with Gasteiger partial charge in [0.15, 0.2) is 0 Å². The first-order valence-electron chi connectivity index (χ1n) is 16.2. The Morgan fingerprint density at radius 1 is 0.840 bits per heavy atom. The molecule has 0 saturated carbocycles. The van der Waals surface area contributed by atoms with Crippen LogP contribution in [0.5, 0.6) is 5.75 Å². The Morgan fingerprint density at radius 3 is 2.34 bits per heavy atom.